The molecule has 1 fully saturated rings. The monoisotopic (exact) mass is 224 g/mol. The van der Waals surface area contributed by atoms with E-state index in [0.29, 0.717) is 0 Å². The van der Waals surface area contributed by atoms with Crippen molar-refractivity contribution in [3.63, 3.8) is 0 Å². The average Bonchev–Trinajstić information content (AvgIpc) is 2.74. The summed E-state index contributed by atoms with van der Waals surface area (Å²) in [6, 6.07) is 7.87. The number of anilines is 1. The van der Waals surface area contributed by atoms with E-state index in [2.05, 4.69) is 10.2 Å². The Kier molecular flexibility index (Phi) is 3.87. The van der Waals surface area contributed by atoms with Crippen LogP contribution in [0.2, 0.25) is 5.02 Å². The molecule has 15 heavy (non-hydrogen) atoms. The van der Waals surface area contributed by atoms with Gasteiger partial charge in [-0.05, 0) is 50.2 Å². The largest absolute Gasteiger partial charge is 0.384 e. The summed E-state index contributed by atoms with van der Waals surface area (Å²) in [5, 5.41) is 4.19. The van der Waals surface area contributed by atoms with Crippen molar-refractivity contribution in [2.45, 2.75) is 12.8 Å². The van der Waals surface area contributed by atoms with Crippen LogP contribution in [0.4, 0.5) is 5.69 Å². The Hall–Kier alpha value is -0.730. The molecule has 2 rings (SSSR count). The smallest absolute Gasteiger partial charge is 0.0407 e. The number of nitrogens with zero attached hydrogens (tertiary/aromatic N) is 1. The van der Waals surface area contributed by atoms with Crippen molar-refractivity contribution in [1.29, 1.82) is 0 Å². The van der Waals surface area contributed by atoms with Crippen molar-refractivity contribution in [2.24, 2.45) is 0 Å². The zero-order valence-corrected chi connectivity index (χ0v) is 9.63. The van der Waals surface area contributed by atoms with E-state index in [1.165, 1.54) is 25.9 Å². The lowest BCUT2D eigenvalue weighted by atomic mass is 10.3. The molecule has 1 aromatic carbocycles. The van der Waals surface area contributed by atoms with Crippen LogP contribution in [-0.2, 0) is 0 Å². The van der Waals surface area contributed by atoms with Crippen LogP contribution in [0.15, 0.2) is 24.3 Å². The summed E-state index contributed by atoms with van der Waals surface area (Å²) in [7, 11) is 0. The first-order chi connectivity index (χ1) is 7.34. The standard InChI is InChI=1S/C12H17ClN2/c13-11-3-5-12(6-4-11)14-7-10-15-8-1-2-9-15/h3-6,14H,1-2,7-10H2. The van der Waals surface area contributed by atoms with Gasteiger partial charge in [0.15, 0.2) is 0 Å². The van der Waals surface area contributed by atoms with Crippen LogP contribution in [0.3, 0.4) is 0 Å². The minimum Gasteiger partial charge on any atom is -0.384 e. The molecule has 1 aromatic rings. The predicted molar refractivity (Wildman–Crippen MR) is 65.6 cm³/mol. The number of nitrogens with one attached hydrogen (secondary N) is 1. The number of halogens is 1. The van der Waals surface area contributed by atoms with Crippen LogP contribution in [0.5, 0.6) is 0 Å². The number of rotatable bonds is 4. The summed E-state index contributed by atoms with van der Waals surface area (Å²) in [5.74, 6) is 0. The Labute approximate surface area is 96.2 Å². The third-order valence-corrected chi connectivity index (χ3v) is 3.05. The second-order valence-electron chi connectivity index (χ2n) is 3.98. The zero-order chi connectivity index (χ0) is 10.5. The Bertz CT molecular complexity index is 291. The summed E-state index contributed by atoms with van der Waals surface area (Å²) in [6.07, 6.45) is 2.72. The van der Waals surface area contributed by atoms with E-state index >= 15 is 0 Å². The lowest BCUT2D eigenvalue weighted by Crippen LogP contribution is -2.25. The maximum absolute atomic E-state index is 5.81. The van der Waals surface area contributed by atoms with Gasteiger partial charge in [0.05, 0.1) is 0 Å². The molecule has 2 nitrogen and oxygen atoms in total. The van der Waals surface area contributed by atoms with Gasteiger partial charge in [0, 0.05) is 23.8 Å². The second-order valence-corrected chi connectivity index (χ2v) is 4.42. The molecule has 1 aliphatic heterocycles. The first-order valence-corrected chi connectivity index (χ1v) is 5.94. The van der Waals surface area contributed by atoms with Crippen LogP contribution in [-0.4, -0.2) is 31.1 Å². The van der Waals surface area contributed by atoms with Gasteiger partial charge in [-0.25, -0.2) is 0 Å². The van der Waals surface area contributed by atoms with Gasteiger partial charge in [-0.2, -0.15) is 0 Å². The van der Waals surface area contributed by atoms with Crippen molar-refractivity contribution in [1.82, 2.24) is 4.90 Å². The molecule has 0 saturated carbocycles. The second kappa shape index (κ2) is 5.38. The van der Waals surface area contributed by atoms with Crippen molar-refractivity contribution >= 4 is 17.3 Å². The van der Waals surface area contributed by atoms with E-state index < -0.39 is 0 Å². The Morgan fingerprint density at radius 3 is 2.47 bits per heavy atom. The fourth-order valence-electron chi connectivity index (χ4n) is 1.93. The third kappa shape index (κ3) is 3.40. The highest BCUT2D eigenvalue weighted by molar-refractivity contribution is 6.30. The van der Waals surface area contributed by atoms with Gasteiger partial charge in [-0.1, -0.05) is 11.6 Å². The van der Waals surface area contributed by atoms with E-state index in [1.54, 1.807) is 0 Å². The minimum absolute atomic E-state index is 0.792. The highest BCUT2D eigenvalue weighted by Gasteiger charge is 2.09. The minimum atomic E-state index is 0.792. The van der Waals surface area contributed by atoms with Gasteiger partial charge in [-0.3, -0.25) is 0 Å². The topological polar surface area (TPSA) is 15.3 Å². The molecule has 0 radical (unpaired) electrons. The average molecular weight is 225 g/mol. The molecule has 3 heteroatoms. The fraction of sp³-hybridized carbons (Fsp3) is 0.500. The third-order valence-electron chi connectivity index (χ3n) is 2.80. The van der Waals surface area contributed by atoms with E-state index in [4.69, 9.17) is 11.6 Å². The molecule has 0 aliphatic carbocycles. The number of likely N-dealkylation sites (tertiary alicyclic amines) is 1. The predicted octanol–water partition coefficient (Wildman–Crippen LogP) is 2.85. The van der Waals surface area contributed by atoms with E-state index in [0.717, 1.165) is 23.8 Å². The number of hydrogen-bond donors (Lipinski definition) is 1. The molecule has 82 valence electrons. The lowest BCUT2D eigenvalue weighted by Gasteiger charge is -2.15. The quantitative estimate of drug-likeness (QED) is 0.846. The van der Waals surface area contributed by atoms with Crippen molar-refractivity contribution in [3.05, 3.63) is 29.3 Å². The van der Waals surface area contributed by atoms with Gasteiger partial charge in [0.2, 0.25) is 0 Å². The first kappa shape index (κ1) is 10.8. The van der Waals surface area contributed by atoms with Crippen molar-refractivity contribution < 1.29 is 0 Å². The maximum atomic E-state index is 5.81. The lowest BCUT2D eigenvalue weighted by molar-refractivity contribution is 0.352. The SMILES string of the molecule is Clc1ccc(NCCN2CCCC2)cc1. The van der Waals surface area contributed by atoms with Gasteiger partial charge in [0.25, 0.3) is 0 Å². The van der Waals surface area contributed by atoms with E-state index in [-0.39, 0.29) is 0 Å². The molecular formula is C12H17ClN2. The van der Waals surface area contributed by atoms with Crippen LogP contribution in [0.1, 0.15) is 12.8 Å². The highest BCUT2D eigenvalue weighted by atomic mass is 35.5. The Morgan fingerprint density at radius 2 is 1.80 bits per heavy atom. The van der Waals surface area contributed by atoms with Crippen molar-refractivity contribution in [3.8, 4) is 0 Å². The van der Waals surface area contributed by atoms with Gasteiger partial charge in [-0.15, -0.1) is 0 Å². The molecular weight excluding hydrogens is 208 g/mol. The molecule has 0 bridgehead atoms. The Morgan fingerprint density at radius 1 is 1.13 bits per heavy atom. The molecule has 0 atom stereocenters. The summed E-state index contributed by atoms with van der Waals surface area (Å²) in [5.41, 5.74) is 1.15. The number of benzene rings is 1. The fourth-order valence-corrected chi connectivity index (χ4v) is 2.06. The zero-order valence-electron chi connectivity index (χ0n) is 8.88. The molecule has 0 amide bonds. The molecule has 1 saturated heterocycles. The van der Waals surface area contributed by atoms with E-state index in [9.17, 15) is 0 Å². The first-order valence-electron chi connectivity index (χ1n) is 5.56. The summed E-state index contributed by atoms with van der Waals surface area (Å²) < 4.78 is 0. The molecule has 1 aliphatic rings. The molecule has 0 spiro atoms. The van der Waals surface area contributed by atoms with Gasteiger partial charge >= 0.3 is 0 Å². The molecule has 1 N–H and O–H groups in total. The molecule has 0 unspecified atom stereocenters. The summed E-state index contributed by atoms with van der Waals surface area (Å²) >= 11 is 5.81. The van der Waals surface area contributed by atoms with Gasteiger partial charge < -0.3 is 10.2 Å². The van der Waals surface area contributed by atoms with E-state index in [1.807, 2.05) is 24.3 Å². The molecule has 0 aromatic heterocycles. The van der Waals surface area contributed by atoms with Crippen molar-refractivity contribution in [2.75, 3.05) is 31.5 Å². The van der Waals surface area contributed by atoms with Crippen LogP contribution in [0, 0.1) is 0 Å². The van der Waals surface area contributed by atoms with Crippen LogP contribution < -0.4 is 5.32 Å². The van der Waals surface area contributed by atoms with Crippen LogP contribution >= 0.6 is 11.6 Å². The normalized spacial score (nSPS) is 16.9. The molecule has 1 heterocycles. The van der Waals surface area contributed by atoms with Crippen LogP contribution in [0.25, 0.3) is 0 Å². The summed E-state index contributed by atoms with van der Waals surface area (Å²) in [6.45, 7) is 4.69. The highest BCUT2D eigenvalue weighted by Crippen LogP contribution is 2.13. The maximum Gasteiger partial charge on any atom is 0.0407 e. The van der Waals surface area contributed by atoms with Gasteiger partial charge in [0.1, 0.15) is 0 Å². The summed E-state index contributed by atoms with van der Waals surface area (Å²) in [4.78, 5) is 2.50. The number of hydrogen-bond acceptors (Lipinski definition) is 2. The Balaban J connectivity index is 1.71.